The number of hydrogen-bond donors (Lipinski definition) is 1. The van der Waals surface area contributed by atoms with Crippen molar-refractivity contribution in [2.45, 2.75) is 13.5 Å². The van der Waals surface area contributed by atoms with Crippen LogP contribution < -0.4 is 5.32 Å². The molecule has 0 radical (unpaired) electrons. The van der Waals surface area contributed by atoms with Crippen LogP contribution in [0.15, 0.2) is 18.3 Å². The summed E-state index contributed by atoms with van der Waals surface area (Å²) in [5, 5.41) is 7.43. The maximum absolute atomic E-state index is 12.0. The highest BCUT2D eigenvalue weighted by atomic mass is 35.5. The zero-order valence-corrected chi connectivity index (χ0v) is 12.0. The van der Waals surface area contributed by atoms with Crippen molar-refractivity contribution >= 4 is 29.1 Å². The van der Waals surface area contributed by atoms with Crippen LogP contribution in [-0.4, -0.2) is 20.7 Å². The average Bonchev–Trinajstić information content (AvgIpc) is 2.68. The predicted octanol–water partition coefficient (Wildman–Crippen LogP) is 2.36. The van der Waals surface area contributed by atoms with Crippen molar-refractivity contribution in [2.75, 3.05) is 0 Å². The maximum atomic E-state index is 12.0. The summed E-state index contributed by atoms with van der Waals surface area (Å²) in [5.74, 6) is -0.365. The number of aryl methyl sites for hydroxylation is 2. The van der Waals surface area contributed by atoms with Crippen molar-refractivity contribution in [3.63, 3.8) is 0 Å². The highest BCUT2D eigenvalue weighted by molar-refractivity contribution is 6.34. The van der Waals surface area contributed by atoms with Crippen molar-refractivity contribution in [1.82, 2.24) is 20.1 Å². The fourth-order valence-corrected chi connectivity index (χ4v) is 2.00. The molecule has 0 fully saturated rings. The van der Waals surface area contributed by atoms with Crippen molar-refractivity contribution in [3.05, 3.63) is 45.5 Å². The van der Waals surface area contributed by atoms with E-state index in [9.17, 15) is 4.79 Å². The van der Waals surface area contributed by atoms with Gasteiger partial charge in [-0.2, -0.15) is 5.10 Å². The molecule has 0 aliphatic carbocycles. The molecule has 2 rings (SSSR count). The van der Waals surface area contributed by atoms with E-state index >= 15 is 0 Å². The molecule has 2 heterocycles. The first-order valence-electron chi connectivity index (χ1n) is 5.56. The Kier molecular flexibility index (Phi) is 4.07. The molecule has 100 valence electrons. The molecule has 1 N–H and O–H groups in total. The Bertz CT molecular complexity index is 624. The molecular weight excluding hydrogens is 287 g/mol. The Hall–Kier alpha value is -1.59. The fraction of sp³-hybridized carbons (Fsp3) is 0.250. The third kappa shape index (κ3) is 3.24. The lowest BCUT2D eigenvalue weighted by molar-refractivity contribution is 0.0946. The number of carbonyl (C=O) groups is 1. The van der Waals surface area contributed by atoms with Crippen molar-refractivity contribution in [2.24, 2.45) is 7.05 Å². The summed E-state index contributed by atoms with van der Waals surface area (Å²) in [5.41, 5.74) is 1.93. The van der Waals surface area contributed by atoms with Crippen LogP contribution in [0.3, 0.4) is 0 Å². The van der Waals surface area contributed by atoms with Gasteiger partial charge in [-0.25, -0.2) is 4.98 Å². The lowest BCUT2D eigenvalue weighted by atomic mass is 10.2. The van der Waals surface area contributed by atoms with E-state index in [-0.39, 0.29) is 21.8 Å². The molecule has 0 atom stereocenters. The van der Waals surface area contributed by atoms with E-state index in [2.05, 4.69) is 15.4 Å². The van der Waals surface area contributed by atoms with Crippen LogP contribution in [0.5, 0.6) is 0 Å². The van der Waals surface area contributed by atoms with Crippen LogP contribution in [0.25, 0.3) is 0 Å². The summed E-state index contributed by atoms with van der Waals surface area (Å²) in [6, 6.07) is 3.08. The molecule has 0 aliphatic rings. The van der Waals surface area contributed by atoms with E-state index in [1.165, 1.54) is 6.07 Å². The third-order valence-corrected chi connectivity index (χ3v) is 3.10. The molecule has 2 aromatic rings. The molecule has 5 nitrogen and oxygen atoms in total. The minimum Gasteiger partial charge on any atom is -0.346 e. The number of halogens is 2. The zero-order valence-electron chi connectivity index (χ0n) is 10.4. The average molecular weight is 299 g/mol. The number of carbonyl (C=O) groups excluding carboxylic acids is 1. The Morgan fingerprint density at radius 2 is 2.16 bits per heavy atom. The van der Waals surface area contributed by atoms with Gasteiger partial charge in [0.2, 0.25) is 0 Å². The van der Waals surface area contributed by atoms with Gasteiger partial charge in [0, 0.05) is 25.4 Å². The number of aromatic nitrogens is 3. The second kappa shape index (κ2) is 5.59. The highest BCUT2D eigenvalue weighted by Crippen LogP contribution is 2.16. The third-order valence-electron chi connectivity index (χ3n) is 2.58. The van der Waals surface area contributed by atoms with Gasteiger partial charge in [-0.15, -0.1) is 0 Å². The van der Waals surface area contributed by atoms with Gasteiger partial charge in [0.15, 0.2) is 0 Å². The molecule has 7 heteroatoms. The number of pyridine rings is 1. The Balaban J connectivity index is 2.09. The molecular formula is C12H12Cl2N4O. The lowest BCUT2D eigenvalue weighted by Crippen LogP contribution is -2.24. The van der Waals surface area contributed by atoms with Crippen LogP contribution >= 0.6 is 23.2 Å². The standard InChI is InChI=1S/C12H12Cl2N4O/c1-7-8(6-18(2)17-7)5-15-12(19)11-9(13)3-4-10(14)16-11/h3-4,6H,5H2,1-2H3,(H,15,19). The number of amides is 1. The summed E-state index contributed by atoms with van der Waals surface area (Å²) in [6.07, 6.45) is 1.85. The van der Waals surface area contributed by atoms with Gasteiger partial charge in [-0.3, -0.25) is 9.48 Å². The van der Waals surface area contributed by atoms with Crippen LogP contribution in [0, 0.1) is 6.92 Å². The van der Waals surface area contributed by atoms with Gasteiger partial charge in [-0.1, -0.05) is 23.2 Å². The van der Waals surface area contributed by atoms with Gasteiger partial charge in [-0.05, 0) is 19.1 Å². The highest BCUT2D eigenvalue weighted by Gasteiger charge is 2.13. The van der Waals surface area contributed by atoms with Gasteiger partial charge in [0.1, 0.15) is 10.8 Å². The summed E-state index contributed by atoms with van der Waals surface area (Å²) < 4.78 is 1.70. The molecule has 0 saturated carbocycles. The first-order chi connectivity index (χ1) is 8.97. The second-order valence-corrected chi connectivity index (χ2v) is 4.85. The number of rotatable bonds is 3. The first-order valence-corrected chi connectivity index (χ1v) is 6.32. The fourth-order valence-electron chi connectivity index (χ4n) is 1.66. The smallest absolute Gasteiger partial charge is 0.271 e. The van der Waals surface area contributed by atoms with Crippen LogP contribution in [0.2, 0.25) is 10.2 Å². The Labute approximate surface area is 120 Å². The van der Waals surface area contributed by atoms with Gasteiger partial charge >= 0.3 is 0 Å². The van der Waals surface area contributed by atoms with Crippen molar-refractivity contribution < 1.29 is 4.79 Å². The van der Waals surface area contributed by atoms with Gasteiger partial charge in [0.05, 0.1) is 10.7 Å². The van der Waals surface area contributed by atoms with Gasteiger partial charge < -0.3 is 5.32 Å². The van der Waals surface area contributed by atoms with Gasteiger partial charge in [0.25, 0.3) is 5.91 Å². The van der Waals surface area contributed by atoms with Crippen LogP contribution in [-0.2, 0) is 13.6 Å². The summed E-state index contributed by atoms with van der Waals surface area (Å²) in [7, 11) is 1.83. The van der Waals surface area contributed by atoms with E-state index in [0.29, 0.717) is 6.54 Å². The molecule has 19 heavy (non-hydrogen) atoms. The lowest BCUT2D eigenvalue weighted by Gasteiger charge is -2.05. The molecule has 0 unspecified atom stereocenters. The largest absolute Gasteiger partial charge is 0.346 e. The van der Waals surface area contributed by atoms with Crippen LogP contribution in [0.1, 0.15) is 21.7 Å². The summed E-state index contributed by atoms with van der Waals surface area (Å²) >= 11 is 11.7. The Morgan fingerprint density at radius 3 is 2.79 bits per heavy atom. The molecule has 2 aromatic heterocycles. The maximum Gasteiger partial charge on any atom is 0.271 e. The topological polar surface area (TPSA) is 59.8 Å². The quantitative estimate of drug-likeness (QED) is 0.885. The van der Waals surface area contributed by atoms with Crippen LogP contribution in [0.4, 0.5) is 0 Å². The molecule has 0 spiro atoms. The molecule has 0 saturated heterocycles. The summed E-state index contributed by atoms with van der Waals surface area (Å²) in [6.45, 7) is 2.25. The van der Waals surface area contributed by atoms with E-state index in [1.807, 2.05) is 20.2 Å². The SMILES string of the molecule is Cc1nn(C)cc1CNC(=O)c1nc(Cl)ccc1Cl. The number of nitrogens with zero attached hydrogens (tertiary/aromatic N) is 3. The molecule has 1 amide bonds. The monoisotopic (exact) mass is 298 g/mol. The molecule has 0 bridgehead atoms. The summed E-state index contributed by atoms with van der Waals surface area (Å²) in [4.78, 5) is 15.9. The Morgan fingerprint density at radius 1 is 1.42 bits per heavy atom. The minimum atomic E-state index is -0.365. The first kappa shape index (κ1) is 13.8. The molecule has 0 aliphatic heterocycles. The van der Waals surface area contributed by atoms with E-state index in [0.717, 1.165) is 11.3 Å². The van der Waals surface area contributed by atoms with E-state index in [1.54, 1.807) is 10.7 Å². The normalized spacial score (nSPS) is 10.5. The second-order valence-electron chi connectivity index (χ2n) is 4.06. The van der Waals surface area contributed by atoms with E-state index < -0.39 is 0 Å². The molecule has 0 aromatic carbocycles. The predicted molar refractivity (Wildman–Crippen MR) is 73.4 cm³/mol. The van der Waals surface area contributed by atoms with E-state index in [4.69, 9.17) is 23.2 Å². The minimum absolute atomic E-state index is 0.121. The van der Waals surface area contributed by atoms with Crippen molar-refractivity contribution in [3.8, 4) is 0 Å². The number of hydrogen-bond acceptors (Lipinski definition) is 3. The number of nitrogens with one attached hydrogen (secondary N) is 1. The zero-order chi connectivity index (χ0) is 14.0. The van der Waals surface area contributed by atoms with Crippen molar-refractivity contribution in [1.29, 1.82) is 0 Å².